The van der Waals surface area contributed by atoms with Crippen LogP contribution in [0.15, 0.2) is 18.2 Å². The van der Waals surface area contributed by atoms with Crippen LogP contribution in [-0.2, 0) is 12.8 Å². The van der Waals surface area contributed by atoms with Gasteiger partial charge in [-0.05, 0) is 91.2 Å². The first-order valence-corrected chi connectivity index (χ1v) is 9.54. The second-order valence-electron chi connectivity index (χ2n) is 8.41. The number of aryl methyl sites for hydroxylation is 2. The Labute approximate surface area is 139 Å². The molecule has 4 rings (SSSR count). The zero-order chi connectivity index (χ0) is 16.0. The van der Waals surface area contributed by atoms with Crippen molar-refractivity contribution in [2.45, 2.75) is 70.3 Å². The SMILES string of the molecule is CC12CCC3c4ccc(CCCO)cc4CCC3C1CCC2O. The largest absolute Gasteiger partial charge is 0.396 e. The van der Waals surface area contributed by atoms with E-state index in [1.807, 2.05) is 0 Å². The van der Waals surface area contributed by atoms with Gasteiger partial charge in [-0.15, -0.1) is 0 Å². The maximum Gasteiger partial charge on any atom is 0.0596 e. The lowest BCUT2D eigenvalue weighted by molar-refractivity contribution is -0.0226. The van der Waals surface area contributed by atoms with Crippen LogP contribution in [0.3, 0.4) is 0 Å². The van der Waals surface area contributed by atoms with Crippen molar-refractivity contribution in [2.24, 2.45) is 17.3 Å². The number of fused-ring (bicyclic) bond motifs is 5. The molecule has 23 heavy (non-hydrogen) atoms. The van der Waals surface area contributed by atoms with Gasteiger partial charge in [-0.3, -0.25) is 0 Å². The van der Waals surface area contributed by atoms with Crippen molar-refractivity contribution >= 4 is 0 Å². The molecule has 0 spiro atoms. The van der Waals surface area contributed by atoms with Gasteiger partial charge in [-0.1, -0.05) is 25.1 Å². The summed E-state index contributed by atoms with van der Waals surface area (Å²) in [5.41, 5.74) is 4.72. The van der Waals surface area contributed by atoms with Crippen LogP contribution >= 0.6 is 0 Å². The number of hydrogen-bond acceptors (Lipinski definition) is 2. The van der Waals surface area contributed by atoms with E-state index in [1.165, 1.54) is 37.7 Å². The lowest BCUT2D eigenvalue weighted by atomic mass is 9.55. The number of aliphatic hydroxyl groups is 2. The minimum absolute atomic E-state index is 0.0734. The van der Waals surface area contributed by atoms with Gasteiger partial charge < -0.3 is 10.2 Å². The molecule has 1 aromatic rings. The molecule has 0 bridgehead atoms. The van der Waals surface area contributed by atoms with E-state index in [0.29, 0.717) is 5.92 Å². The Balaban J connectivity index is 1.60. The van der Waals surface area contributed by atoms with Crippen LogP contribution in [-0.4, -0.2) is 22.9 Å². The molecule has 0 aliphatic heterocycles. The highest BCUT2D eigenvalue weighted by Gasteiger charge is 2.54. The molecule has 0 radical (unpaired) electrons. The van der Waals surface area contributed by atoms with E-state index in [0.717, 1.165) is 31.1 Å². The topological polar surface area (TPSA) is 40.5 Å². The van der Waals surface area contributed by atoms with Crippen LogP contribution in [0.2, 0.25) is 0 Å². The second kappa shape index (κ2) is 5.89. The first-order valence-electron chi connectivity index (χ1n) is 9.54. The maximum absolute atomic E-state index is 10.5. The molecule has 1 aromatic carbocycles. The Morgan fingerprint density at radius 1 is 1.17 bits per heavy atom. The molecule has 2 heteroatoms. The predicted octanol–water partition coefficient (Wildman–Crippen LogP) is 3.83. The minimum atomic E-state index is -0.0734. The minimum Gasteiger partial charge on any atom is -0.396 e. The molecule has 0 aromatic heterocycles. The van der Waals surface area contributed by atoms with Gasteiger partial charge in [0.1, 0.15) is 0 Å². The van der Waals surface area contributed by atoms with Crippen molar-refractivity contribution in [3.63, 3.8) is 0 Å². The van der Waals surface area contributed by atoms with Gasteiger partial charge in [0.15, 0.2) is 0 Å². The summed E-state index contributed by atoms with van der Waals surface area (Å²) in [6.07, 6.45) is 8.95. The van der Waals surface area contributed by atoms with Crippen LogP contribution in [0.1, 0.15) is 68.1 Å². The Morgan fingerprint density at radius 3 is 2.87 bits per heavy atom. The summed E-state index contributed by atoms with van der Waals surface area (Å²) in [7, 11) is 0. The number of rotatable bonds is 3. The van der Waals surface area contributed by atoms with E-state index in [-0.39, 0.29) is 18.1 Å². The predicted molar refractivity (Wildman–Crippen MR) is 92.5 cm³/mol. The van der Waals surface area contributed by atoms with Gasteiger partial charge in [-0.25, -0.2) is 0 Å². The summed E-state index contributed by atoms with van der Waals surface area (Å²) in [5, 5.41) is 19.5. The summed E-state index contributed by atoms with van der Waals surface area (Å²) in [5.74, 6) is 2.22. The van der Waals surface area contributed by atoms with Crippen molar-refractivity contribution in [1.29, 1.82) is 0 Å². The summed E-state index contributed by atoms with van der Waals surface area (Å²) in [6.45, 7) is 2.63. The van der Waals surface area contributed by atoms with Crippen LogP contribution < -0.4 is 0 Å². The van der Waals surface area contributed by atoms with Crippen LogP contribution in [0.4, 0.5) is 0 Å². The van der Waals surface area contributed by atoms with Gasteiger partial charge in [-0.2, -0.15) is 0 Å². The third-order valence-corrected chi connectivity index (χ3v) is 7.36. The first kappa shape index (κ1) is 15.7. The van der Waals surface area contributed by atoms with E-state index in [9.17, 15) is 5.11 Å². The van der Waals surface area contributed by atoms with Crippen molar-refractivity contribution in [1.82, 2.24) is 0 Å². The zero-order valence-corrected chi connectivity index (χ0v) is 14.3. The van der Waals surface area contributed by atoms with Crippen LogP contribution in [0.25, 0.3) is 0 Å². The molecular formula is C21H30O2. The smallest absolute Gasteiger partial charge is 0.0596 e. The quantitative estimate of drug-likeness (QED) is 0.890. The summed E-state index contributed by atoms with van der Waals surface area (Å²) in [6, 6.07) is 7.07. The Hall–Kier alpha value is -0.860. The van der Waals surface area contributed by atoms with Crippen LogP contribution in [0.5, 0.6) is 0 Å². The molecule has 0 saturated heterocycles. The van der Waals surface area contributed by atoms with E-state index in [1.54, 1.807) is 11.1 Å². The molecule has 2 saturated carbocycles. The summed E-state index contributed by atoms with van der Waals surface area (Å²) in [4.78, 5) is 0. The number of hydrogen-bond donors (Lipinski definition) is 2. The Bertz CT molecular complexity index is 581. The highest BCUT2D eigenvalue weighted by atomic mass is 16.3. The van der Waals surface area contributed by atoms with Crippen molar-refractivity contribution < 1.29 is 10.2 Å². The molecule has 3 aliphatic carbocycles. The van der Waals surface area contributed by atoms with E-state index in [4.69, 9.17) is 5.11 Å². The standard InChI is InChI=1S/C21H30O2/c1-21-11-10-17-16-6-4-14(3-2-12-22)13-15(16)5-7-18(17)19(21)8-9-20(21)23/h4,6,13,17-20,22-23H,2-3,5,7-12H2,1H3. The van der Waals surface area contributed by atoms with Crippen molar-refractivity contribution in [2.75, 3.05) is 6.61 Å². The average molecular weight is 314 g/mol. The fourth-order valence-electron chi connectivity index (χ4n) is 6.05. The highest BCUT2D eigenvalue weighted by Crippen LogP contribution is 2.60. The van der Waals surface area contributed by atoms with Crippen LogP contribution in [0, 0.1) is 17.3 Å². The molecular weight excluding hydrogens is 284 g/mol. The lowest BCUT2D eigenvalue weighted by Crippen LogP contribution is -2.43. The van der Waals surface area contributed by atoms with Crippen molar-refractivity contribution in [3.05, 3.63) is 34.9 Å². The Morgan fingerprint density at radius 2 is 2.04 bits per heavy atom. The second-order valence-corrected chi connectivity index (χ2v) is 8.41. The van der Waals surface area contributed by atoms with Gasteiger partial charge in [0, 0.05) is 6.61 Å². The fourth-order valence-corrected chi connectivity index (χ4v) is 6.05. The molecule has 2 nitrogen and oxygen atoms in total. The normalized spacial score (nSPS) is 38.7. The summed E-state index contributed by atoms with van der Waals surface area (Å²) >= 11 is 0. The highest BCUT2D eigenvalue weighted by molar-refractivity contribution is 5.38. The third kappa shape index (κ3) is 2.46. The van der Waals surface area contributed by atoms with E-state index in [2.05, 4.69) is 25.1 Å². The van der Waals surface area contributed by atoms with Gasteiger partial charge in [0.25, 0.3) is 0 Å². The maximum atomic E-state index is 10.5. The molecule has 0 heterocycles. The third-order valence-electron chi connectivity index (χ3n) is 7.36. The number of aliphatic hydroxyl groups excluding tert-OH is 2. The van der Waals surface area contributed by atoms with Gasteiger partial charge in [0.05, 0.1) is 6.10 Å². The molecule has 126 valence electrons. The number of benzene rings is 1. The Kier molecular flexibility index (Phi) is 4.01. The molecule has 5 unspecified atom stereocenters. The van der Waals surface area contributed by atoms with E-state index < -0.39 is 0 Å². The fraction of sp³-hybridized carbons (Fsp3) is 0.714. The zero-order valence-electron chi connectivity index (χ0n) is 14.3. The van der Waals surface area contributed by atoms with Gasteiger partial charge >= 0.3 is 0 Å². The van der Waals surface area contributed by atoms with E-state index >= 15 is 0 Å². The van der Waals surface area contributed by atoms with Crippen molar-refractivity contribution in [3.8, 4) is 0 Å². The lowest BCUT2D eigenvalue weighted by Gasteiger charge is -2.50. The molecule has 2 N–H and O–H groups in total. The summed E-state index contributed by atoms with van der Waals surface area (Å²) < 4.78 is 0. The molecule has 5 atom stereocenters. The van der Waals surface area contributed by atoms with Gasteiger partial charge in [0.2, 0.25) is 0 Å². The first-order chi connectivity index (χ1) is 11.1. The molecule has 3 aliphatic rings. The molecule has 2 fully saturated rings. The monoisotopic (exact) mass is 314 g/mol. The molecule has 0 amide bonds. The average Bonchev–Trinajstić information content (AvgIpc) is 2.88.